The molecule has 0 aromatic heterocycles. The zero-order valence-corrected chi connectivity index (χ0v) is 18.7. The maximum absolute atomic E-state index is 12.8. The van der Waals surface area contributed by atoms with Crippen LogP contribution in [0.4, 0.5) is 0 Å². The van der Waals surface area contributed by atoms with Crippen molar-refractivity contribution in [3.8, 4) is 0 Å². The Morgan fingerprint density at radius 1 is 0.690 bits per heavy atom. The summed E-state index contributed by atoms with van der Waals surface area (Å²) in [5.41, 5.74) is 0.141. The second-order valence-electron chi connectivity index (χ2n) is 7.99. The van der Waals surface area contributed by atoms with Crippen LogP contribution in [0, 0.1) is 11.8 Å². The molecule has 0 fully saturated rings. The molecule has 3 aromatic carbocycles. The molecule has 0 radical (unpaired) electrons. The minimum atomic E-state index is -2.56. The van der Waals surface area contributed by atoms with Crippen LogP contribution in [-0.4, -0.2) is 21.2 Å². The molecule has 0 bridgehead atoms. The SMILES string of the molecule is COC(=O)[C@@H](C)[C@H](C(C)C)[Si](c1ccccc1)(c1ccccc1)c1ccccc1. The fraction of sp³-hybridized carbons (Fsp3) is 0.269. The third kappa shape index (κ3) is 3.92. The molecule has 0 N–H and O–H groups in total. The summed E-state index contributed by atoms with van der Waals surface area (Å²) in [5, 5.41) is 3.98. The molecule has 2 atom stereocenters. The topological polar surface area (TPSA) is 26.3 Å². The van der Waals surface area contributed by atoms with Crippen molar-refractivity contribution in [2.45, 2.75) is 26.3 Å². The second kappa shape index (κ2) is 9.23. The standard InChI is InChI=1S/C26H30O2Si/c1-20(2)25(21(3)26(27)28-4)29(22-14-8-5-9-15-22,23-16-10-6-11-17-23)24-18-12-7-13-19-24/h5-21,25H,1-4H3/t21-,25-/m0/s1. The molecule has 0 saturated carbocycles. The lowest BCUT2D eigenvalue weighted by atomic mass is 9.98. The van der Waals surface area contributed by atoms with Crippen molar-refractivity contribution in [1.82, 2.24) is 0 Å². The highest BCUT2D eigenvalue weighted by Crippen LogP contribution is 2.37. The molecule has 150 valence electrons. The molecule has 0 spiro atoms. The Labute approximate surface area is 175 Å². The van der Waals surface area contributed by atoms with Gasteiger partial charge in [-0.2, -0.15) is 0 Å². The van der Waals surface area contributed by atoms with Gasteiger partial charge in [0.15, 0.2) is 8.07 Å². The number of benzene rings is 3. The summed E-state index contributed by atoms with van der Waals surface area (Å²) in [4.78, 5) is 12.8. The Kier molecular flexibility index (Phi) is 6.70. The summed E-state index contributed by atoms with van der Waals surface area (Å²) in [6.45, 7) is 6.51. The highest BCUT2D eigenvalue weighted by atomic mass is 28.3. The molecule has 3 aromatic rings. The Balaban J connectivity index is 2.43. The van der Waals surface area contributed by atoms with Crippen LogP contribution in [0.2, 0.25) is 5.54 Å². The molecule has 0 amide bonds. The van der Waals surface area contributed by atoms with Gasteiger partial charge in [-0.1, -0.05) is 112 Å². The van der Waals surface area contributed by atoms with Gasteiger partial charge in [-0.3, -0.25) is 4.79 Å². The zero-order valence-electron chi connectivity index (χ0n) is 17.7. The normalized spacial score (nSPS) is 13.7. The predicted molar refractivity (Wildman–Crippen MR) is 124 cm³/mol. The molecule has 29 heavy (non-hydrogen) atoms. The first-order valence-corrected chi connectivity index (χ1v) is 12.4. The summed E-state index contributed by atoms with van der Waals surface area (Å²) in [5.74, 6) is -0.0490. The lowest BCUT2D eigenvalue weighted by Gasteiger charge is -2.45. The number of methoxy groups -OCH3 is 1. The van der Waals surface area contributed by atoms with Crippen LogP contribution in [0.15, 0.2) is 91.0 Å². The van der Waals surface area contributed by atoms with Crippen LogP contribution >= 0.6 is 0 Å². The Morgan fingerprint density at radius 3 is 1.31 bits per heavy atom. The van der Waals surface area contributed by atoms with E-state index in [1.165, 1.54) is 22.7 Å². The Bertz CT molecular complexity index is 811. The maximum atomic E-state index is 12.8. The van der Waals surface area contributed by atoms with Crippen molar-refractivity contribution < 1.29 is 9.53 Å². The van der Waals surface area contributed by atoms with E-state index in [4.69, 9.17) is 4.74 Å². The fourth-order valence-corrected chi connectivity index (χ4v) is 11.2. The van der Waals surface area contributed by atoms with Crippen molar-refractivity contribution in [3.05, 3.63) is 91.0 Å². The van der Waals surface area contributed by atoms with Crippen molar-refractivity contribution in [3.63, 3.8) is 0 Å². The number of hydrogen-bond acceptors (Lipinski definition) is 2. The first-order valence-electron chi connectivity index (χ1n) is 10.3. The second-order valence-corrected chi connectivity index (χ2v) is 12.0. The smallest absolute Gasteiger partial charge is 0.308 e. The van der Waals surface area contributed by atoms with Gasteiger partial charge in [0.25, 0.3) is 0 Å². The summed E-state index contributed by atoms with van der Waals surface area (Å²) in [7, 11) is -1.07. The lowest BCUT2D eigenvalue weighted by molar-refractivity contribution is -0.145. The van der Waals surface area contributed by atoms with E-state index in [2.05, 4.69) is 105 Å². The number of hydrogen-bond donors (Lipinski definition) is 0. The van der Waals surface area contributed by atoms with Crippen molar-refractivity contribution in [2.24, 2.45) is 11.8 Å². The van der Waals surface area contributed by atoms with Gasteiger partial charge in [-0.05, 0) is 27.0 Å². The molecule has 2 nitrogen and oxygen atoms in total. The van der Waals surface area contributed by atoms with Crippen LogP contribution in [-0.2, 0) is 9.53 Å². The highest BCUT2D eigenvalue weighted by molar-refractivity contribution is 7.12. The monoisotopic (exact) mass is 402 g/mol. The van der Waals surface area contributed by atoms with Gasteiger partial charge in [0.2, 0.25) is 0 Å². The molecule has 3 rings (SSSR count). The molecule has 3 heteroatoms. The van der Waals surface area contributed by atoms with E-state index in [0.29, 0.717) is 5.92 Å². The van der Waals surface area contributed by atoms with Gasteiger partial charge in [-0.25, -0.2) is 0 Å². The van der Waals surface area contributed by atoms with E-state index in [1.807, 2.05) is 6.92 Å². The predicted octanol–water partition coefficient (Wildman–Crippen LogP) is 3.99. The number of rotatable bonds is 7. The van der Waals surface area contributed by atoms with Crippen LogP contribution in [0.1, 0.15) is 20.8 Å². The van der Waals surface area contributed by atoms with Crippen LogP contribution in [0.5, 0.6) is 0 Å². The molecular weight excluding hydrogens is 372 g/mol. The van der Waals surface area contributed by atoms with Gasteiger partial charge in [0.1, 0.15) is 0 Å². The highest BCUT2D eigenvalue weighted by Gasteiger charge is 2.51. The van der Waals surface area contributed by atoms with Crippen molar-refractivity contribution >= 4 is 29.6 Å². The fourth-order valence-electron chi connectivity index (χ4n) is 4.97. The summed E-state index contributed by atoms with van der Waals surface area (Å²) in [6.07, 6.45) is 0. The van der Waals surface area contributed by atoms with Crippen LogP contribution < -0.4 is 15.6 Å². The van der Waals surface area contributed by atoms with E-state index < -0.39 is 8.07 Å². The average Bonchev–Trinajstić information content (AvgIpc) is 2.78. The summed E-state index contributed by atoms with van der Waals surface area (Å²) in [6, 6.07) is 32.3. The van der Waals surface area contributed by atoms with Gasteiger partial charge >= 0.3 is 5.97 Å². The quantitative estimate of drug-likeness (QED) is 0.339. The van der Waals surface area contributed by atoms with E-state index >= 15 is 0 Å². The number of carbonyl (C=O) groups excluding carboxylic acids is 1. The van der Waals surface area contributed by atoms with Crippen LogP contribution in [0.25, 0.3) is 0 Å². The Morgan fingerprint density at radius 2 is 1.03 bits per heavy atom. The largest absolute Gasteiger partial charge is 0.469 e. The number of ether oxygens (including phenoxy) is 1. The number of carbonyl (C=O) groups is 1. The van der Waals surface area contributed by atoms with E-state index in [1.54, 1.807) is 0 Å². The number of esters is 1. The first-order chi connectivity index (χ1) is 14.0. The van der Waals surface area contributed by atoms with Crippen molar-refractivity contribution in [1.29, 1.82) is 0 Å². The van der Waals surface area contributed by atoms with Gasteiger partial charge in [0.05, 0.1) is 13.0 Å². The van der Waals surface area contributed by atoms with E-state index in [0.717, 1.165) is 0 Å². The molecule has 0 aliphatic carbocycles. The first kappa shape index (κ1) is 21.1. The van der Waals surface area contributed by atoms with Gasteiger partial charge < -0.3 is 4.74 Å². The third-order valence-electron chi connectivity index (χ3n) is 6.02. The molecule has 0 aliphatic rings. The zero-order chi connectivity index (χ0) is 20.9. The van der Waals surface area contributed by atoms with E-state index in [9.17, 15) is 4.79 Å². The molecular formula is C26H30O2Si. The molecule has 0 aliphatic heterocycles. The Hall–Kier alpha value is -2.65. The third-order valence-corrected chi connectivity index (χ3v) is 11.9. The summed E-state index contributed by atoms with van der Waals surface area (Å²) < 4.78 is 5.23. The van der Waals surface area contributed by atoms with E-state index in [-0.39, 0.29) is 17.4 Å². The lowest BCUT2D eigenvalue weighted by Crippen LogP contribution is -2.72. The minimum Gasteiger partial charge on any atom is -0.469 e. The summed E-state index contributed by atoms with van der Waals surface area (Å²) >= 11 is 0. The van der Waals surface area contributed by atoms with Gasteiger partial charge in [-0.15, -0.1) is 0 Å². The average molecular weight is 403 g/mol. The molecule has 0 heterocycles. The van der Waals surface area contributed by atoms with Crippen molar-refractivity contribution in [2.75, 3.05) is 7.11 Å². The molecule has 0 unspecified atom stereocenters. The molecule has 0 saturated heterocycles. The maximum Gasteiger partial charge on any atom is 0.308 e. The van der Waals surface area contributed by atoms with Gasteiger partial charge in [0, 0.05) is 0 Å². The minimum absolute atomic E-state index is 0.136. The van der Waals surface area contributed by atoms with Crippen LogP contribution in [0.3, 0.4) is 0 Å².